The van der Waals surface area contributed by atoms with Crippen molar-refractivity contribution in [1.82, 2.24) is 4.57 Å². The van der Waals surface area contributed by atoms with Crippen molar-refractivity contribution in [2.45, 2.75) is 24.9 Å². The van der Waals surface area contributed by atoms with Gasteiger partial charge in [0.1, 0.15) is 24.5 Å². The molecule has 2 unspecified atom stereocenters. The number of hydrogen-bond donors (Lipinski definition) is 2. The number of nitrogens with two attached hydrogens (primary N) is 2. The first-order valence-electron chi connectivity index (χ1n) is 7.49. The van der Waals surface area contributed by atoms with Crippen molar-refractivity contribution < 1.29 is 9.36 Å². The summed E-state index contributed by atoms with van der Waals surface area (Å²) in [4.78, 5) is 13.9. The number of imidazole rings is 1. The summed E-state index contributed by atoms with van der Waals surface area (Å²) in [5.41, 5.74) is 13.1. The predicted molar refractivity (Wildman–Crippen MR) is 85.1 cm³/mol. The fourth-order valence-corrected chi connectivity index (χ4v) is 3.13. The minimum Gasteiger partial charge on any atom is -0.399 e. The van der Waals surface area contributed by atoms with Crippen molar-refractivity contribution in [3.8, 4) is 0 Å². The Morgan fingerprint density at radius 3 is 2.59 bits per heavy atom. The first-order valence-corrected chi connectivity index (χ1v) is 7.49. The Kier molecular flexibility index (Phi) is 3.75. The Morgan fingerprint density at radius 2 is 2.00 bits per heavy atom. The zero-order valence-electron chi connectivity index (χ0n) is 12.7. The van der Waals surface area contributed by atoms with Crippen LogP contribution >= 0.6 is 0 Å². The van der Waals surface area contributed by atoms with Gasteiger partial charge >= 0.3 is 0 Å². The zero-order valence-corrected chi connectivity index (χ0v) is 12.7. The summed E-state index contributed by atoms with van der Waals surface area (Å²) in [6, 6.07) is 7.67. The van der Waals surface area contributed by atoms with E-state index < -0.39 is 0 Å². The highest BCUT2D eigenvalue weighted by Gasteiger charge is 2.34. The number of amides is 1. The zero-order chi connectivity index (χ0) is 15.7. The van der Waals surface area contributed by atoms with E-state index >= 15 is 0 Å². The van der Waals surface area contributed by atoms with Gasteiger partial charge in [-0.25, -0.2) is 9.13 Å². The molecule has 0 bridgehead atoms. The minimum atomic E-state index is -0.270. The van der Waals surface area contributed by atoms with Gasteiger partial charge in [0.25, 0.3) is 0 Å². The van der Waals surface area contributed by atoms with Gasteiger partial charge in [-0.1, -0.05) is 0 Å². The van der Waals surface area contributed by atoms with Crippen LogP contribution in [0.15, 0.2) is 43.0 Å². The van der Waals surface area contributed by atoms with Crippen molar-refractivity contribution in [3.05, 3.63) is 43.0 Å². The summed E-state index contributed by atoms with van der Waals surface area (Å²) in [6.07, 6.45) is 7.85. The summed E-state index contributed by atoms with van der Waals surface area (Å²) in [5, 5.41) is 0. The lowest BCUT2D eigenvalue weighted by molar-refractivity contribution is -0.671. The molecule has 1 amide bonds. The number of nitrogens with zero attached hydrogens (tertiary/aromatic N) is 3. The second kappa shape index (κ2) is 5.71. The number of aromatic nitrogens is 2. The van der Waals surface area contributed by atoms with Crippen LogP contribution in [0.3, 0.4) is 0 Å². The fraction of sp³-hybridized carbons (Fsp3) is 0.375. The monoisotopic (exact) mass is 300 g/mol. The molecule has 116 valence electrons. The van der Waals surface area contributed by atoms with E-state index in [1.54, 1.807) is 0 Å². The predicted octanol–water partition coefficient (Wildman–Crippen LogP) is 0.590. The standard InChI is InChI=1S/C16H21N5O/c1-19-8-9-20(11-19)14-6-7-15(16(18)22)21(10-14)13-4-2-12(17)3-5-13/h2-5,8-9,11,14-15H,6-7,10,17H2,1H3,(H-,18,22)/p+1. The van der Waals surface area contributed by atoms with Crippen molar-refractivity contribution in [1.29, 1.82) is 0 Å². The number of anilines is 2. The number of hydrogen-bond acceptors (Lipinski definition) is 3. The van der Waals surface area contributed by atoms with Crippen LogP contribution in [0.4, 0.5) is 11.4 Å². The van der Waals surface area contributed by atoms with E-state index in [2.05, 4.69) is 22.0 Å². The maximum atomic E-state index is 11.8. The number of nitrogen functional groups attached to an aromatic ring is 1. The van der Waals surface area contributed by atoms with E-state index in [9.17, 15) is 4.79 Å². The number of piperidine rings is 1. The average Bonchev–Trinajstić information content (AvgIpc) is 2.94. The summed E-state index contributed by atoms with van der Waals surface area (Å²) < 4.78 is 4.22. The Balaban J connectivity index is 1.87. The smallest absolute Gasteiger partial charge is 0.243 e. The lowest BCUT2D eigenvalue weighted by Crippen LogP contribution is -2.50. The molecule has 6 heteroatoms. The molecule has 3 rings (SSSR count). The lowest BCUT2D eigenvalue weighted by Gasteiger charge is -2.38. The van der Waals surface area contributed by atoms with Gasteiger partial charge in [0.15, 0.2) is 0 Å². The maximum Gasteiger partial charge on any atom is 0.243 e. The Morgan fingerprint density at radius 1 is 1.27 bits per heavy atom. The van der Waals surface area contributed by atoms with Crippen molar-refractivity contribution in [2.75, 3.05) is 17.2 Å². The van der Waals surface area contributed by atoms with Gasteiger partial charge < -0.3 is 16.4 Å². The normalized spacial score (nSPS) is 21.8. The number of benzene rings is 1. The molecule has 0 spiro atoms. The number of rotatable bonds is 3. The second-order valence-corrected chi connectivity index (χ2v) is 5.92. The van der Waals surface area contributed by atoms with E-state index in [-0.39, 0.29) is 11.9 Å². The van der Waals surface area contributed by atoms with E-state index in [1.807, 2.05) is 42.1 Å². The third kappa shape index (κ3) is 2.77. The van der Waals surface area contributed by atoms with Gasteiger partial charge in [-0.3, -0.25) is 4.79 Å². The third-order valence-corrected chi connectivity index (χ3v) is 4.32. The molecule has 2 aromatic rings. The van der Waals surface area contributed by atoms with Crippen LogP contribution < -0.4 is 20.9 Å². The molecule has 0 saturated carbocycles. The highest BCUT2D eigenvalue weighted by molar-refractivity contribution is 5.84. The van der Waals surface area contributed by atoms with Crippen LogP contribution in [0.25, 0.3) is 0 Å². The quantitative estimate of drug-likeness (QED) is 0.643. The van der Waals surface area contributed by atoms with Crippen LogP contribution in [0, 0.1) is 0 Å². The van der Waals surface area contributed by atoms with Gasteiger partial charge in [0.2, 0.25) is 12.2 Å². The first kappa shape index (κ1) is 14.4. The molecule has 1 aromatic carbocycles. The van der Waals surface area contributed by atoms with Crippen LogP contribution in [0.5, 0.6) is 0 Å². The highest BCUT2D eigenvalue weighted by atomic mass is 16.1. The summed E-state index contributed by atoms with van der Waals surface area (Å²) in [7, 11) is 2.00. The molecule has 1 aliphatic rings. The Hall–Kier alpha value is -2.50. The van der Waals surface area contributed by atoms with Gasteiger partial charge in [-0.15, -0.1) is 0 Å². The summed E-state index contributed by atoms with van der Waals surface area (Å²) in [6.45, 7) is 0.756. The van der Waals surface area contributed by atoms with Crippen LogP contribution in [-0.4, -0.2) is 23.1 Å². The van der Waals surface area contributed by atoms with Gasteiger partial charge in [-0.2, -0.15) is 0 Å². The fourth-order valence-electron chi connectivity index (χ4n) is 3.13. The van der Waals surface area contributed by atoms with Crippen LogP contribution in [0.2, 0.25) is 0 Å². The molecule has 0 aliphatic carbocycles. The molecule has 4 N–H and O–H groups in total. The van der Waals surface area contributed by atoms with Crippen LogP contribution in [-0.2, 0) is 11.8 Å². The van der Waals surface area contributed by atoms with Crippen LogP contribution in [0.1, 0.15) is 18.9 Å². The van der Waals surface area contributed by atoms with E-state index in [0.29, 0.717) is 11.7 Å². The molecular weight excluding hydrogens is 278 g/mol. The SMILES string of the molecule is C[n+]1ccn(C2CCC(C(N)=O)N(c3ccc(N)cc3)C2)c1. The van der Waals surface area contributed by atoms with Crippen molar-refractivity contribution in [2.24, 2.45) is 12.8 Å². The maximum absolute atomic E-state index is 11.8. The van der Waals surface area contributed by atoms with Gasteiger partial charge in [0, 0.05) is 11.4 Å². The summed E-state index contributed by atoms with van der Waals surface area (Å²) >= 11 is 0. The number of primary amides is 1. The molecule has 1 saturated heterocycles. The molecule has 1 aromatic heterocycles. The lowest BCUT2D eigenvalue weighted by atomic mass is 9.96. The molecular formula is C16H22N5O+. The third-order valence-electron chi connectivity index (χ3n) is 4.32. The topological polar surface area (TPSA) is 81.2 Å². The Bertz CT molecular complexity index is 663. The molecule has 2 atom stereocenters. The van der Waals surface area contributed by atoms with E-state index in [4.69, 9.17) is 11.5 Å². The van der Waals surface area contributed by atoms with Crippen molar-refractivity contribution >= 4 is 17.3 Å². The van der Waals surface area contributed by atoms with E-state index in [1.165, 1.54) is 0 Å². The molecule has 1 fully saturated rings. The Labute approximate surface area is 129 Å². The number of aryl methyl sites for hydroxylation is 1. The minimum absolute atomic E-state index is 0.260. The van der Waals surface area contributed by atoms with Gasteiger partial charge in [0.05, 0.1) is 13.6 Å². The summed E-state index contributed by atoms with van der Waals surface area (Å²) in [5.74, 6) is -0.270. The molecule has 0 radical (unpaired) electrons. The second-order valence-electron chi connectivity index (χ2n) is 5.92. The van der Waals surface area contributed by atoms with Crippen molar-refractivity contribution in [3.63, 3.8) is 0 Å². The molecule has 1 aliphatic heterocycles. The number of carbonyl (C=O) groups excluding carboxylic acids is 1. The molecule has 22 heavy (non-hydrogen) atoms. The number of carbonyl (C=O) groups is 1. The first-order chi connectivity index (χ1) is 10.5. The largest absolute Gasteiger partial charge is 0.399 e. The highest BCUT2D eigenvalue weighted by Crippen LogP contribution is 2.30. The average molecular weight is 300 g/mol. The van der Waals surface area contributed by atoms with Gasteiger partial charge in [-0.05, 0) is 37.1 Å². The van der Waals surface area contributed by atoms with E-state index in [0.717, 1.165) is 25.1 Å². The molecule has 2 heterocycles. The molecule has 6 nitrogen and oxygen atoms in total.